The van der Waals surface area contributed by atoms with Gasteiger partial charge in [-0.25, -0.2) is 9.67 Å². The summed E-state index contributed by atoms with van der Waals surface area (Å²) in [7, 11) is 1.79. The number of nitrogens with one attached hydrogen (secondary N) is 1. The topological polar surface area (TPSA) is 66.3 Å². The average molecular weight is 467 g/mol. The number of aromatic nitrogens is 3. The molecule has 0 bridgehead atoms. The van der Waals surface area contributed by atoms with Crippen molar-refractivity contribution >= 4 is 22.8 Å². The molecule has 2 saturated heterocycles. The van der Waals surface area contributed by atoms with Crippen molar-refractivity contribution < 1.29 is 18.0 Å². The second kappa shape index (κ2) is 10.3. The number of likely N-dealkylation sites (tertiary alicyclic amines) is 1. The van der Waals surface area contributed by atoms with Crippen LogP contribution in [0.2, 0.25) is 0 Å². The van der Waals surface area contributed by atoms with Crippen LogP contribution in [0.5, 0.6) is 0 Å². The van der Waals surface area contributed by atoms with E-state index < -0.39 is 12.6 Å². The largest absolute Gasteiger partial charge is 0.390 e. The molecule has 2 aromatic heterocycles. The maximum absolute atomic E-state index is 13.0. The Balaban J connectivity index is 1.38. The van der Waals surface area contributed by atoms with Gasteiger partial charge in [0.05, 0.1) is 11.8 Å². The summed E-state index contributed by atoms with van der Waals surface area (Å²) < 4.78 is 39.0. The molecule has 1 N–H and O–H groups in total. The maximum Gasteiger partial charge on any atom is 0.390 e. The molecule has 2 aromatic rings. The van der Waals surface area contributed by atoms with Crippen LogP contribution in [0.15, 0.2) is 12.1 Å². The molecule has 1 amide bonds. The fourth-order valence-electron chi connectivity index (χ4n) is 4.78. The predicted molar refractivity (Wildman–Crippen MR) is 121 cm³/mol. The van der Waals surface area contributed by atoms with Gasteiger partial charge in [-0.2, -0.15) is 18.3 Å². The van der Waals surface area contributed by atoms with Crippen LogP contribution in [0.3, 0.4) is 0 Å². The molecule has 0 aromatic carbocycles. The van der Waals surface area contributed by atoms with Crippen molar-refractivity contribution in [2.75, 3.05) is 37.6 Å². The molecule has 0 atom stereocenters. The Labute approximate surface area is 192 Å². The highest BCUT2D eigenvalue weighted by Gasteiger charge is 2.30. The number of anilines is 1. The summed E-state index contributed by atoms with van der Waals surface area (Å²) in [6.07, 6.45) is 2.44. The van der Waals surface area contributed by atoms with Gasteiger partial charge in [-0.1, -0.05) is 19.3 Å². The molecule has 0 radical (unpaired) electrons. The molecule has 33 heavy (non-hydrogen) atoms. The fourth-order valence-corrected chi connectivity index (χ4v) is 4.78. The summed E-state index contributed by atoms with van der Waals surface area (Å²) in [5.41, 5.74) is 1.03. The summed E-state index contributed by atoms with van der Waals surface area (Å²) in [6.45, 7) is 3.09. The quantitative estimate of drug-likeness (QED) is 0.724. The molecular weight excluding hydrogens is 433 g/mol. The second-order valence-corrected chi connectivity index (χ2v) is 9.22. The Kier molecular flexibility index (Phi) is 7.41. The number of pyridine rings is 1. The lowest BCUT2D eigenvalue weighted by molar-refractivity contribution is -0.138. The molecular formula is C23H33F3N6O. The van der Waals surface area contributed by atoms with Crippen molar-refractivity contribution in [1.29, 1.82) is 0 Å². The number of alkyl halides is 3. The minimum absolute atomic E-state index is 0.0140. The van der Waals surface area contributed by atoms with Crippen molar-refractivity contribution in [2.24, 2.45) is 7.05 Å². The summed E-state index contributed by atoms with van der Waals surface area (Å²) >= 11 is 0. The zero-order valence-corrected chi connectivity index (χ0v) is 19.2. The van der Waals surface area contributed by atoms with Gasteiger partial charge in [-0.15, -0.1) is 0 Å². The molecule has 2 fully saturated rings. The lowest BCUT2D eigenvalue weighted by Gasteiger charge is -2.32. The van der Waals surface area contributed by atoms with Crippen molar-refractivity contribution in [2.45, 2.75) is 63.6 Å². The van der Waals surface area contributed by atoms with Gasteiger partial charge in [0.25, 0.3) is 5.91 Å². The van der Waals surface area contributed by atoms with Crippen LogP contribution in [0, 0.1) is 0 Å². The monoisotopic (exact) mass is 466 g/mol. The van der Waals surface area contributed by atoms with E-state index in [1.807, 2.05) is 17.0 Å². The summed E-state index contributed by atoms with van der Waals surface area (Å²) in [5, 5.41) is 8.18. The van der Waals surface area contributed by atoms with Crippen molar-refractivity contribution in [1.82, 2.24) is 25.0 Å². The lowest BCUT2D eigenvalue weighted by Crippen LogP contribution is -2.45. The second-order valence-electron chi connectivity index (χ2n) is 9.22. The molecule has 2 aliphatic rings. The van der Waals surface area contributed by atoms with E-state index in [1.54, 1.807) is 11.7 Å². The number of fused-ring (bicyclic) bond motifs is 1. The van der Waals surface area contributed by atoms with Gasteiger partial charge in [0, 0.05) is 45.8 Å². The highest BCUT2D eigenvalue weighted by Crippen LogP contribution is 2.24. The SMILES string of the molecule is Cn1nc(C(=O)NC2CCN(CCC(F)(F)F)CC2)c2ccc(N3CCCCCCC3)nc21. The Hall–Kier alpha value is -2.36. The number of aryl methyl sites for hydroxylation is 1. The first-order chi connectivity index (χ1) is 15.8. The Bertz CT molecular complexity index is 944. The van der Waals surface area contributed by atoms with Gasteiger partial charge >= 0.3 is 6.18 Å². The molecule has 4 rings (SSSR count). The van der Waals surface area contributed by atoms with E-state index in [-0.39, 0.29) is 18.5 Å². The molecule has 7 nitrogen and oxygen atoms in total. The van der Waals surface area contributed by atoms with Crippen LogP contribution >= 0.6 is 0 Å². The van der Waals surface area contributed by atoms with Crippen molar-refractivity contribution in [3.63, 3.8) is 0 Å². The first kappa shape index (κ1) is 23.8. The molecule has 0 spiro atoms. The van der Waals surface area contributed by atoms with E-state index in [0.717, 1.165) is 31.7 Å². The van der Waals surface area contributed by atoms with Crippen LogP contribution in [0.25, 0.3) is 11.0 Å². The Morgan fingerprint density at radius 2 is 1.73 bits per heavy atom. The number of carbonyl (C=O) groups excluding carboxylic acids is 1. The van der Waals surface area contributed by atoms with Crippen LogP contribution in [-0.4, -0.2) is 70.5 Å². The molecule has 4 heterocycles. The number of amides is 1. The third-order valence-electron chi connectivity index (χ3n) is 6.70. The first-order valence-corrected chi connectivity index (χ1v) is 12.0. The normalized spacial score (nSPS) is 19.5. The maximum atomic E-state index is 13.0. The Morgan fingerprint density at radius 1 is 1.06 bits per heavy atom. The Morgan fingerprint density at radius 3 is 2.39 bits per heavy atom. The molecule has 0 saturated carbocycles. The molecule has 182 valence electrons. The van der Waals surface area contributed by atoms with E-state index in [4.69, 9.17) is 4.98 Å². The zero-order valence-electron chi connectivity index (χ0n) is 19.2. The van der Waals surface area contributed by atoms with E-state index in [1.165, 1.54) is 19.3 Å². The van der Waals surface area contributed by atoms with Crippen LogP contribution < -0.4 is 10.2 Å². The molecule has 0 unspecified atom stereocenters. The number of hydrogen-bond donors (Lipinski definition) is 1. The number of rotatable bonds is 5. The van der Waals surface area contributed by atoms with Gasteiger partial charge in [-0.3, -0.25) is 4.79 Å². The number of carbonyl (C=O) groups is 1. The van der Waals surface area contributed by atoms with E-state index >= 15 is 0 Å². The van der Waals surface area contributed by atoms with E-state index in [9.17, 15) is 18.0 Å². The molecule has 0 aliphatic carbocycles. The fraction of sp³-hybridized carbons (Fsp3) is 0.696. The average Bonchev–Trinajstić information content (AvgIpc) is 3.09. The van der Waals surface area contributed by atoms with Crippen LogP contribution in [-0.2, 0) is 7.05 Å². The number of nitrogens with zero attached hydrogens (tertiary/aromatic N) is 5. The van der Waals surface area contributed by atoms with Crippen LogP contribution in [0.1, 0.15) is 61.9 Å². The number of piperidine rings is 1. The van der Waals surface area contributed by atoms with Gasteiger partial charge in [0.15, 0.2) is 11.3 Å². The van der Waals surface area contributed by atoms with Crippen molar-refractivity contribution in [3.05, 3.63) is 17.8 Å². The minimum Gasteiger partial charge on any atom is -0.357 e. The third kappa shape index (κ3) is 6.16. The summed E-state index contributed by atoms with van der Waals surface area (Å²) in [5.74, 6) is 0.667. The summed E-state index contributed by atoms with van der Waals surface area (Å²) in [4.78, 5) is 21.9. The van der Waals surface area contributed by atoms with Gasteiger partial charge in [0.2, 0.25) is 0 Å². The van der Waals surface area contributed by atoms with Crippen molar-refractivity contribution in [3.8, 4) is 0 Å². The van der Waals surface area contributed by atoms with E-state index in [2.05, 4.69) is 15.3 Å². The number of hydrogen-bond acceptors (Lipinski definition) is 5. The number of halogens is 3. The van der Waals surface area contributed by atoms with Gasteiger partial charge < -0.3 is 15.1 Å². The van der Waals surface area contributed by atoms with Gasteiger partial charge in [0.1, 0.15) is 5.82 Å². The highest BCUT2D eigenvalue weighted by molar-refractivity contribution is 6.04. The highest BCUT2D eigenvalue weighted by atomic mass is 19.4. The standard InChI is InChI=1S/C23H33F3N6O/c1-30-21-18(7-8-19(28-21)32-12-5-3-2-4-6-13-32)20(29-30)22(33)27-17-9-14-31(15-10-17)16-11-23(24,25)26/h7-8,17H,2-6,9-16H2,1H3,(H,27,33). The molecule has 10 heteroatoms. The third-order valence-corrected chi connectivity index (χ3v) is 6.70. The predicted octanol–water partition coefficient (Wildman–Crippen LogP) is 3.89. The van der Waals surface area contributed by atoms with E-state index in [0.29, 0.717) is 42.7 Å². The summed E-state index contributed by atoms with van der Waals surface area (Å²) in [6, 6.07) is 3.84. The lowest BCUT2D eigenvalue weighted by atomic mass is 10.0. The minimum atomic E-state index is -4.13. The smallest absolute Gasteiger partial charge is 0.357 e. The zero-order chi connectivity index (χ0) is 23.4. The van der Waals surface area contributed by atoms with Gasteiger partial charge in [-0.05, 0) is 37.8 Å². The van der Waals surface area contributed by atoms with Crippen LogP contribution in [0.4, 0.5) is 19.0 Å². The first-order valence-electron chi connectivity index (χ1n) is 12.0. The molecule has 2 aliphatic heterocycles.